The first-order chi connectivity index (χ1) is 9.85. The molecule has 0 amide bonds. The molecule has 3 N–H and O–H groups in total. The summed E-state index contributed by atoms with van der Waals surface area (Å²) in [5.74, 6) is -0.853. The molecule has 8 heteroatoms. The molecule has 0 saturated carbocycles. The third-order valence-electron chi connectivity index (χ3n) is 2.72. The molecule has 0 bridgehead atoms. The number of hydrogen-bond donors (Lipinski definition) is 2. The Labute approximate surface area is 131 Å². The van der Waals surface area contributed by atoms with Crippen LogP contribution in [0.5, 0.6) is 0 Å². The molecule has 2 aromatic carbocycles. The molecule has 112 valence electrons. The van der Waals surface area contributed by atoms with E-state index < -0.39 is 15.8 Å². The highest BCUT2D eigenvalue weighted by Gasteiger charge is 2.20. The summed E-state index contributed by atoms with van der Waals surface area (Å²) in [6, 6.07) is 8.39. The van der Waals surface area contributed by atoms with E-state index in [1.165, 1.54) is 30.3 Å². The van der Waals surface area contributed by atoms with E-state index in [0.717, 1.165) is 0 Å². The fourth-order valence-electron chi connectivity index (χ4n) is 1.66. The Bertz CT molecular complexity index is 782. The van der Waals surface area contributed by atoms with Gasteiger partial charge in [-0.3, -0.25) is 4.72 Å². The number of sulfonamides is 1. The minimum atomic E-state index is -4.05. The van der Waals surface area contributed by atoms with Gasteiger partial charge in [0.05, 0.1) is 15.7 Å². The van der Waals surface area contributed by atoms with Crippen LogP contribution in [0.3, 0.4) is 0 Å². The minimum Gasteiger partial charge on any atom is -0.326 e. The lowest BCUT2D eigenvalue weighted by molar-refractivity contribution is 0.598. The van der Waals surface area contributed by atoms with E-state index in [-0.39, 0.29) is 27.2 Å². The molecular formula is C13H11Cl2FN2O2S. The Hall–Kier alpha value is -1.34. The second kappa shape index (κ2) is 6.19. The largest absolute Gasteiger partial charge is 0.326 e. The van der Waals surface area contributed by atoms with Crippen molar-refractivity contribution in [1.29, 1.82) is 0 Å². The maximum absolute atomic E-state index is 13.8. The van der Waals surface area contributed by atoms with Crippen LogP contribution in [0.25, 0.3) is 0 Å². The van der Waals surface area contributed by atoms with E-state index in [2.05, 4.69) is 4.72 Å². The van der Waals surface area contributed by atoms with Crippen LogP contribution < -0.4 is 10.5 Å². The first-order valence-corrected chi connectivity index (χ1v) is 8.04. The molecule has 0 unspecified atom stereocenters. The number of hydrogen-bond acceptors (Lipinski definition) is 3. The molecule has 0 spiro atoms. The highest BCUT2D eigenvalue weighted by atomic mass is 35.5. The Morgan fingerprint density at radius 1 is 1.14 bits per heavy atom. The molecule has 0 aliphatic carbocycles. The van der Waals surface area contributed by atoms with E-state index in [4.69, 9.17) is 28.9 Å². The first-order valence-electron chi connectivity index (χ1n) is 5.80. The van der Waals surface area contributed by atoms with E-state index in [9.17, 15) is 12.8 Å². The van der Waals surface area contributed by atoms with Crippen LogP contribution >= 0.6 is 23.2 Å². The highest BCUT2D eigenvalue weighted by Crippen LogP contribution is 2.28. The number of benzene rings is 2. The third-order valence-corrected chi connectivity index (χ3v) is 4.86. The maximum Gasteiger partial charge on any atom is 0.263 e. The number of nitrogens with two attached hydrogens (primary N) is 1. The summed E-state index contributed by atoms with van der Waals surface area (Å²) in [6.45, 7) is 0.158. The van der Waals surface area contributed by atoms with Crippen molar-refractivity contribution in [3.05, 3.63) is 57.8 Å². The van der Waals surface area contributed by atoms with Gasteiger partial charge in [0, 0.05) is 6.54 Å². The van der Waals surface area contributed by atoms with Crippen LogP contribution in [0.4, 0.5) is 10.1 Å². The number of anilines is 1. The summed E-state index contributed by atoms with van der Waals surface area (Å²) in [5, 5.41) is -0.167. The van der Waals surface area contributed by atoms with Gasteiger partial charge in [-0.2, -0.15) is 0 Å². The molecule has 21 heavy (non-hydrogen) atoms. The van der Waals surface area contributed by atoms with Crippen molar-refractivity contribution in [2.75, 3.05) is 4.72 Å². The summed E-state index contributed by atoms with van der Waals surface area (Å²) in [4.78, 5) is -0.175. The van der Waals surface area contributed by atoms with Crippen LogP contribution in [0.15, 0.2) is 41.3 Å². The van der Waals surface area contributed by atoms with Crippen molar-refractivity contribution in [2.45, 2.75) is 11.4 Å². The summed E-state index contributed by atoms with van der Waals surface area (Å²) >= 11 is 11.5. The number of rotatable bonds is 4. The normalized spacial score (nSPS) is 11.4. The van der Waals surface area contributed by atoms with E-state index in [1.54, 1.807) is 6.07 Å². The van der Waals surface area contributed by atoms with E-state index in [1.807, 2.05) is 0 Å². The predicted molar refractivity (Wildman–Crippen MR) is 81.6 cm³/mol. The van der Waals surface area contributed by atoms with Crippen molar-refractivity contribution in [1.82, 2.24) is 0 Å². The van der Waals surface area contributed by atoms with Crippen LogP contribution in [0, 0.1) is 5.82 Å². The Morgan fingerprint density at radius 3 is 2.52 bits per heavy atom. The zero-order chi connectivity index (χ0) is 15.6. The lowest BCUT2D eigenvalue weighted by Gasteiger charge is -2.11. The van der Waals surface area contributed by atoms with Gasteiger partial charge in [0.15, 0.2) is 5.82 Å². The van der Waals surface area contributed by atoms with Crippen molar-refractivity contribution in [2.24, 2.45) is 5.73 Å². The smallest absolute Gasteiger partial charge is 0.263 e. The zero-order valence-electron chi connectivity index (χ0n) is 10.6. The van der Waals surface area contributed by atoms with Gasteiger partial charge in [0.25, 0.3) is 10.0 Å². The maximum atomic E-state index is 13.8. The Kier molecular flexibility index (Phi) is 4.73. The molecule has 0 saturated heterocycles. The van der Waals surface area contributed by atoms with Crippen molar-refractivity contribution in [3.63, 3.8) is 0 Å². The highest BCUT2D eigenvalue weighted by molar-refractivity contribution is 7.92. The lowest BCUT2D eigenvalue weighted by atomic mass is 10.2. The molecule has 0 heterocycles. The molecule has 2 aromatic rings. The van der Waals surface area contributed by atoms with Crippen LogP contribution in [-0.4, -0.2) is 8.42 Å². The SMILES string of the molecule is NCc1ccc(Cl)c(S(=O)(=O)Nc2cccc(Cl)c2F)c1. The van der Waals surface area contributed by atoms with Crippen LogP contribution in [0.2, 0.25) is 10.0 Å². The van der Waals surface area contributed by atoms with Gasteiger partial charge in [-0.05, 0) is 29.8 Å². The number of nitrogens with one attached hydrogen (secondary N) is 1. The molecule has 0 fully saturated rings. The van der Waals surface area contributed by atoms with Crippen molar-refractivity contribution in [3.8, 4) is 0 Å². The molecule has 0 aromatic heterocycles. The monoisotopic (exact) mass is 348 g/mol. The first kappa shape index (κ1) is 16.0. The number of halogens is 3. The van der Waals surface area contributed by atoms with E-state index >= 15 is 0 Å². The van der Waals surface area contributed by atoms with Crippen molar-refractivity contribution >= 4 is 38.9 Å². The molecule has 2 rings (SSSR count). The average Bonchev–Trinajstić information content (AvgIpc) is 2.44. The van der Waals surface area contributed by atoms with Gasteiger partial charge in [-0.25, -0.2) is 12.8 Å². The van der Waals surface area contributed by atoms with Gasteiger partial charge in [-0.1, -0.05) is 35.3 Å². The molecule has 0 aliphatic heterocycles. The fourth-order valence-corrected chi connectivity index (χ4v) is 3.45. The second-order valence-corrected chi connectivity index (χ2v) is 6.64. The van der Waals surface area contributed by atoms with Crippen molar-refractivity contribution < 1.29 is 12.8 Å². The topological polar surface area (TPSA) is 72.2 Å². The van der Waals surface area contributed by atoms with E-state index in [0.29, 0.717) is 5.56 Å². The van der Waals surface area contributed by atoms with Gasteiger partial charge >= 0.3 is 0 Å². The summed E-state index contributed by atoms with van der Waals surface area (Å²) in [5.41, 5.74) is 5.81. The average molecular weight is 349 g/mol. The van der Waals surface area contributed by atoms with Gasteiger partial charge < -0.3 is 5.73 Å². The molecule has 4 nitrogen and oxygen atoms in total. The zero-order valence-corrected chi connectivity index (χ0v) is 12.9. The lowest BCUT2D eigenvalue weighted by Crippen LogP contribution is -2.15. The second-order valence-electron chi connectivity index (χ2n) is 4.18. The fraction of sp³-hybridized carbons (Fsp3) is 0.0769. The molecule has 0 radical (unpaired) electrons. The molecule has 0 atom stereocenters. The summed E-state index contributed by atoms with van der Waals surface area (Å²) < 4.78 is 40.5. The quantitative estimate of drug-likeness (QED) is 0.889. The molecular weight excluding hydrogens is 338 g/mol. The van der Waals surface area contributed by atoms with Gasteiger partial charge in [0.2, 0.25) is 0 Å². The molecule has 0 aliphatic rings. The minimum absolute atomic E-state index is 0.0159. The van der Waals surface area contributed by atoms with Crippen LogP contribution in [-0.2, 0) is 16.6 Å². The summed E-state index contributed by atoms with van der Waals surface area (Å²) in [6.07, 6.45) is 0. The Morgan fingerprint density at radius 2 is 1.86 bits per heavy atom. The third kappa shape index (κ3) is 3.47. The van der Waals surface area contributed by atoms with Gasteiger partial charge in [0.1, 0.15) is 4.90 Å². The standard InChI is InChI=1S/C13H11Cl2FN2O2S/c14-9-5-4-8(7-17)6-12(9)21(19,20)18-11-3-1-2-10(15)13(11)16/h1-6,18H,7,17H2. The summed E-state index contributed by atoms with van der Waals surface area (Å²) in [7, 11) is -4.05. The van der Waals surface area contributed by atoms with Crippen LogP contribution in [0.1, 0.15) is 5.56 Å². The predicted octanol–water partition coefficient (Wildman–Crippen LogP) is 3.39. The van der Waals surface area contributed by atoms with Gasteiger partial charge in [-0.15, -0.1) is 0 Å². The Balaban J connectivity index is 2.46.